The zero-order chi connectivity index (χ0) is 13.5. The largest absolute Gasteiger partial charge is 0.576 e. The van der Waals surface area contributed by atoms with Gasteiger partial charge in [-0.1, -0.05) is 0 Å². The molecule has 0 atom stereocenters. The lowest BCUT2D eigenvalue weighted by Gasteiger charge is -2.08. The highest BCUT2D eigenvalue weighted by molar-refractivity contribution is 6.20. The molecule has 0 saturated heterocycles. The zero-order valence-corrected chi connectivity index (χ0v) is 10.0. The molecule has 6 nitrogen and oxygen atoms in total. The minimum Gasteiger partial charge on any atom is -0.529 e. The Hall–Kier alpha value is -2.38. The summed E-state index contributed by atoms with van der Waals surface area (Å²) in [6.07, 6.45) is 0. The van der Waals surface area contributed by atoms with E-state index in [1.807, 2.05) is 11.0 Å². The summed E-state index contributed by atoms with van der Waals surface area (Å²) >= 11 is 0. The van der Waals surface area contributed by atoms with Crippen LogP contribution in [0.5, 0.6) is 11.5 Å². The Kier molecular flexibility index (Phi) is 4.49. The third-order valence-corrected chi connectivity index (χ3v) is 2.42. The molecular weight excluding hydrogens is 247 g/mol. The van der Waals surface area contributed by atoms with E-state index in [0.29, 0.717) is 22.9 Å². The molecule has 98 valence electrons. The van der Waals surface area contributed by atoms with Gasteiger partial charge in [0.25, 0.3) is 0 Å². The zero-order valence-electron chi connectivity index (χ0n) is 10.0. The van der Waals surface area contributed by atoms with E-state index < -0.39 is 0 Å². The fourth-order valence-electron chi connectivity index (χ4n) is 1.42. The van der Waals surface area contributed by atoms with Gasteiger partial charge in [-0.25, -0.2) is 0 Å². The van der Waals surface area contributed by atoms with Crippen molar-refractivity contribution >= 4 is 19.1 Å². The van der Waals surface area contributed by atoms with E-state index in [0.717, 1.165) is 0 Å². The second kappa shape index (κ2) is 6.53. The first-order valence-electron chi connectivity index (χ1n) is 5.58. The van der Waals surface area contributed by atoms with Crippen LogP contribution in [0.1, 0.15) is 0 Å². The number of hydrogen-bond donors (Lipinski definition) is 4. The molecule has 2 aromatic rings. The summed E-state index contributed by atoms with van der Waals surface area (Å²) in [6.45, 7) is 0. The van der Waals surface area contributed by atoms with Crippen LogP contribution in [0.15, 0.2) is 48.5 Å². The van der Waals surface area contributed by atoms with Gasteiger partial charge < -0.3 is 9.31 Å². The van der Waals surface area contributed by atoms with E-state index in [1.54, 1.807) is 48.5 Å². The predicted octanol–water partition coefficient (Wildman–Crippen LogP) is 2.01. The Bertz CT molecular complexity index is 457. The van der Waals surface area contributed by atoms with E-state index in [9.17, 15) is 0 Å². The molecule has 4 N–H and O–H groups in total. The lowest BCUT2D eigenvalue weighted by Crippen LogP contribution is -2.10. The molecule has 0 unspecified atom stereocenters. The molecule has 2 rings (SSSR count). The summed E-state index contributed by atoms with van der Waals surface area (Å²) < 4.78 is 10.7. The molecule has 0 aromatic heterocycles. The highest BCUT2D eigenvalue weighted by atomic mass is 16.6. The molecule has 0 heterocycles. The van der Waals surface area contributed by atoms with Crippen molar-refractivity contribution in [2.75, 3.05) is 11.0 Å². The van der Waals surface area contributed by atoms with E-state index >= 15 is 0 Å². The van der Waals surface area contributed by atoms with Gasteiger partial charge in [0, 0.05) is 0 Å². The molecule has 0 aliphatic heterocycles. The first kappa shape index (κ1) is 13.1. The minimum atomic E-state index is 0.0673. The van der Waals surface area contributed by atoms with E-state index in [4.69, 9.17) is 19.7 Å². The Morgan fingerprint density at radius 1 is 0.684 bits per heavy atom. The maximum Gasteiger partial charge on any atom is 0.576 e. The maximum atomic E-state index is 8.66. The molecule has 0 aliphatic carbocycles. The van der Waals surface area contributed by atoms with Crippen LogP contribution in [-0.2, 0) is 0 Å². The van der Waals surface area contributed by atoms with Crippen molar-refractivity contribution in [3.63, 3.8) is 0 Å². The molecule has 0 radical (unpaired) electrons. The second-order valence-electron chi connectivity index (χ2n) is 3.68. The van der Waals surface area contributed by atoms with Crippen molar-refractivity contribution in [3.8, 4) is 11.5 Å². The highest BCUT2D eigenvalue weighted by Gasteiger charge is 2.00. The quantitative estimate of drug-likeness (QED) is 0.469. The van der Waals surface area contributed by atoms with Gasteiger partial charge in [-0.2, -0.15) is 0 Å². The first-order chi connectivity index (χ1) is 9.31. The average Bonchev–Trinajstić information content (AvgIpc) is 2.49. The number of benzene rings is 2. The van der Waals surface area contributed by atoms with Gasteiger partial charge in [-0.3, -0.25) is 21.4 Å². The van der Waals surface area contributed by atoms with Gasteiger partial charge in [-0.15, -0.1) is 0 Å². The van der Waals surface area contributed by atoms with Crippen molar-refractivity contribution in [3.05, 3.63) is 48.5 Å². The SMILES string of the molecule is ONc1ccc(OBOc2ccc(NO)cc2)cc1. The summed E-state index contributed by atoms with van der Waals surface area (Å²) in [5.41, 5.74) is 5.23. The Morgan fingerprint density at radius 2 is 1.05 bits per heavy atom. The molecule has 7 heteroatoms. The van der Waals surface area contributed by atoms with Crippen LogP contribution in [-0.4, -0.2) is 18.1 Å². The summed E-state index contributed by atoms with van der Waals surface area (Å²) in [5, 5.41) is 17.3. The van der Waals surface area contributed by atoms with Crippen molar-refractivity contribution in [1.82, 2.24) is 0 Å². The number of rotatable bonds is 6. The fraction of sp³-hybridized carbons (Fsp3) is 0. The molecule has 0 bridgehead atoms. The molecule has 2 aromatic carbocycles. The Balaban J connectivity index is 1.81. The highest BCUT2D eigenvalue weighted by Crippen LogP contribution is 2.17. The lowest BCUT2D eigenvalue weighted by molar-refractivity contribution is 0.388. The molecule has 0 fully saturated rings. The molecular formula is C12H13BN2O4. The van der Waals surface area contributed by atoms with Gasteiger partial charge in [0.15, 0.2) is 0 Å². The van der Waals surface area contributed by atoms with E-state index in [2.05, 4.69) is 0 Å². The predicted molar refractivity (Wildman–Crippen MR) is 72.1 cm³/mol. The third-order valence-electron chi connectivity index (χ3n) is 2.42. The van der Waals surface area contributed by atoms with Crippen molar-refractivity contribution in [1.29, 1.82) is 0 Å². The minimum absolute atomic E-state index is 0.0673. The van der Waals surface area contributed by atoms with Gasteiger partial charge >= 0.3 is 7.69 Å². The summed E-state index contributed by atoms with van der Waals surface area (Å²) in [5.74, 6) is 1.26. The van der Waals surface area contributed by atoms with Crippen LogP contribution in [0.4, 0.5) is 11.4 Å². The first-order valence-corrected chi connectivity index (χ1v) is 5.58. The van der Waals surface area contributed by atoms with Crippen molar-refractivity contribution in [2.45, 2.75) is 0 Å². The smallest absolute Gasteiger partial charge is 0.529 e. The normalized spacial score (nSPS) is 9.58. The Morgan fingerprint density at radius 3 is 1.37 bits per heavy atom. The molecule has 19 heavy (non-hydrogen) atoms. The molecule has 0 amide bonds. The lowest BCUT2D eigenvalue weighted by atomic mass is 10.2. The Labute approximate surface area is 110 Å². The summed E-state index contributed by atoms with van der Waals surface area (Å²) in [6, 6.07) is 13.5. The average molecular weight is 260 g/mol. The summed E-state index contributed by atoms with van der Waals surface area (Å²) in [4.78, 5) is 0. The second-order valence-corrected chi connectivity index (χ2v) is 3.68. The standard InChI is InChI=1S/C12H13BN2O4/c16-14-9-1-5-11(6-2-9)18-13-19-12-7-3-10(15-17)4-8-12/h1-8,13-17H. The van der Waals surface area contributed by atoms with Crippen molar-refractivity contribution < 1.29 is 19.7 Å². The van der Waals surface area contributed by atoms with E-state index in [1.165, 1.54) is 0 Å². The molecule has 0 spiro atoms. The van der Waals surface area contributed by atoms with Gasteiger partial charge in [0.1, 0.15) is 11.5 Å². The maximum absolute atomic E-state index is 8.66. The van der Waals surface area contributed by atoms with Crippen LogP contribution in [0.3, 0.4) is 0 Å². The fourth-order valence-corrected chi connectivity index (χ4v) is 1.42. The van der Waals surface area contributed by atoms with Crippen LogP contribution in [0.2, 0.25) is 0 Å². The van der Waals surface area contributed by atoms with Gasteiger partial charge in [0.05, 0.1) is 11.4 Å². The van der Waals surface area contributed by atoms with Crippen LogP contribution in [0.25, 0.3) is 0 Å². The van der Waals surface area contributed by atoms with Crippen LogP contribution >= 0.6 is 0 Å². The van der Waals surface area contributed by atoms with Crippen LogP contribution < -0.4 is 20.3 Å². The summed E-state index contributed by atoms with van der Waals surface area (Å²) in [7, 11) is 0.0673. The van der Waals surface area contributed by atoms with Crippen molar-refractivity contribution in [2.24, 2.45) is 0 Å². The number of nitrogens with one attached hydrogen (secondary N) is 2. The van der Waals surface area contributed by atoms with Gasteiger partial charge in [0.2, 0.25) is 0 Å². The topological polar surface area (TPSA) is 83.0 Å². The molecule has 0 saturated carbocycles. The van der Waals surface area contributed by atoms with Gasteiger partial charge in [-0.05, 0) is 48.5 Å². The third kappa shape index (κ3) is 3.80. The van der Waals surface area contributed by atoms with Crippen LogP contribution in [0, 0.1) is 0 Å². The molecule has 0 aliphatic rings. The number of anilines is 2. The monoisotopic (exact) mass is 260 g/mol. The van der Waals surface area contributed by atoms with E-state index in [-0.39, 0.29) is 7.69 Å². The number of hydrogen-bond acceptors (Lipinski definition) is 6.